The molecule has 1 aromatic heterocycles. The summed E-state index contributed by atoms with van der Waals surface area (Å²) >= 11 is 0. The summed E-state index contributed by atoms with van der Waals surface area (Å²) in [5.74, 6) is 0.491. The summed E-state index contributed by atoms with van der Waals surface area (Å²) in [5.41, 5.74) is 2.78. The highest BCUT2D eigenvalue weighted by Gasteiger charge is 2.27. The number of aromatic amines is 1. The minimum atomic E-state index is 0.173. The molecule has 0 radical (unpaired) electrons. The Morgan fingerprint density at radius 2 is 2.21 bits per heavy atom. The van der Waals surface area contributed by atoms with Gasteiger partial charge in [-0.15, -0.1) is 0 Å². The third kappa shape index (κ3) is 3.25. The number of aromatic nitrogens is 1. The smallest absolute Gasteiger partial charge is 0.178 e. The Morgan fingerprint density at radius 3 is 2.79 bits per heavy atom. The average Bonchev–Trinajstić information content (AvgIpc) is 2.71. The van der Waals surface area contributed by atoms with E-state index in [1.54, 1.807) is 0 Å². The van der Waals surface area contributed by atoms with Crippen molar-refractivity contribution in [3.8, 4) is 0 Å². The summed E-state index contributed by atoms with van der Waals surface area (Å²) < 4.78 is 0. The lowest BCUT2D eigenvalue weighted by Crippen LogP contribution is -2.45. The lowest BCUT2D eigenvalue weighted by atomic mass is 9.93. The van der Waals surface area contributed by atoms with Gasteiger partial charge in [-0.2, -0.15) is 0 Å². The molecular weight excluding hydrogens is 240 g/mol. The number of carbonyl (C=O) groups is 1. The number of rotatable bonds is 4. The van der Waals surface area contributed by atoms with Crippen molar-refractivity contribution < 1.29 is 9.90 Å². The number of H-pyrrole nitrogens is 1. The molecule has 19 heavy (non-hydrogen) atoms. The van der Waals surface area contributed by atoms with Gasteiger partial charge in [0.25, 0.3) is 0 Å². The number of hydrogen-bond acceptors (Lipinski definition) is 3. The molecule has 4 nitrogen and oxygen atoms in total. The molecule has 2 N–H and O–H groups in total. The van der Waals surface area contributed by atoms with Crippen LogP contribution in [0.15, 0.2) is 6.07 Å². The molecular formula is C15H24N2O2. The Hall–Kier alpha value is -1.13. The fourth-order valence-corrected chi connectivity index (χ4v) is 2.91. The average molecular weight is 264 g/mol. The lowest BCUT2D eigenvalue weighted by molar-refractivity contribution is 0.0677. The predicted molar refractivity (Wildman–Crippen MR) is 75.4 cm³/mol. The lowest BCUT2D eigenvalue weighted by Gasteiger charge is -2.36. The number of Topliss-reactive ketones (excluding diaryl/α,β-unsaturated/α-hetero) is 1. The van der Waals surface area contributed by atoms with Gasteiger partial charge in [0.15, 0.2) is 5.78 Å². The number of piperidine rings is 1. The number of nitrogens with one attached hydrogen (secondary N) is 1. The van der Waals surface area contributed by atoms with Gasteiger partial charge in [0.1, 0.15) is 0 Å². The predicted octanol–water partition coefficient (Wildman–Crippen LogP) is 1.91. The van der Waals surface area contributed by atoms with E-state index in [0.717, 1.165) is 36.3 Å². The van der Waals surface area contributed by atoms with E-state index in [1.807, 2.05) is 19.9 Å². The Labute approximate surface area is 114 Å². The quantitative estimate of drug-likeness (QED) is 0.817. The third-order valence-corrected chi connectivity index (χ3v) is 4.16. The van der Waals surface area contributed by atoms with Crippen LogP contribution in [0.25, 0.3) is 0 Å². The minimum Gasteiger partial charge on any atom is -0.396 e. The van der Waals surface area contributed by atoms with Gasteiger partial charge >= 0.3 is 0 Å². The van der Waals surface area contributed by atoms with E-state index in [4.69, 9.17) is 0 Å². The Morgan fingerprint density at radius 1 is 1.47 bits per heavy atom. The molecule has 1 aliphatic rings. The van der Waals surface area contributed by atoms with Gasteiger partial charge in [-0.05, 0) is 45.6 Å². The van der Waals surface area contributed by atoms with E-state index in [2.05, 4.69) is 16.8 Å². The van der Waals surface area contributed by atoms with Crippen molar-refractivity contribution in [1.82, 2.24) is 9.88 Å². The van der Waals surface area contributed by atoms with Crippen molar-refractivity contribution in [1.29, 1.82) is 0 Å². The first-order valence-corrected chi connectivity index (χ1v) is 7.05. The molecule has 2 rings (SSSR count). The summed E-state index contributed by atoms with van der Waals surface area (Å²) in [5, 5.41) is 9.28. The topological polar surface area (TPSA) is 56.3 Å². The molecule has 1 fully saturated rings. The van der Waals surface area contributed by atoms with Crippen molar-refractivity contribution in [2.45, 2.75) is 39.7 Å². The van der Waals surface area contributed by atoms with E-state index < -0.39 is 0 Å². The van der Waals surface area contributed by atoms with Crippen LogP contribution in [0.4, 0.5) is 0 Å². The third-order valence-electron chi connectivity index (χ3n) is 4.16. The van der Waals surface area contributed by atoms with Crippen LogP contribution in [0.2, 0.25) is 0 Å². The van der Waals surface area contributed by atoms with Crippen LogP contribution in [0.1, 0.15) is 41.5 Å². The number of likely N-dealkylation sites (tertiary alicyclic amines) is 1. The first-order valence-electron chi connectivity index (χ1n) is 7.05. The monoisotopic (exact) mass is 264 g/mol. The minimum absolute atomic E-state index is 0.173. The van der Waals surface area contributed by atoms with Gasteiger partial charge in [-0.3, -0.25) is 9.69 Å². The first kappa shape index (κ1) is 14.3. The molecule has 0 spiro atoms. The highest BCUT2D eigenvalue weighted by atomic mass is 16.3. The van der Waals surface area contributed by atoms with Crippen LogP contribution in [0.3, 0.4) is 0 Å². The fourth-order valence-electron chi connectivity index (χ4n) is 2.91. The van der Waals surface area contributed by atoms with E-state index in [1.165, 1.54) is 0 Å². The summed E-state index contributed by atoms with van der Waals surface area (Å²) in [4.78, 5) is 17.7. The van der Waals surface area contributed by atoms with E-state index in [9.17, 15) is 9.90 Å². The van der Waals surface area contributed by atoms with Crippen LogP contribution in [0, 0.1) is 19.8 Å². The van der Waals surface area contributed by atoms with Crippen LogP contribution in [0.5, 0.6) is 0 Å². The summed E-state index contributed by atoms with van der Waals surface area (Å²) in [6.45, 7) is 7.57. The van der Waals surface area contributed by atoms with E-state index in [0.29, 0.717) is 18.5 Å². The SMILES string of the molecule is Cc1cc(C(=O)CN2CC(CO)CCC2C)c(C)[nH]1. The van der Waals surface area contributed by atoms with Gasteiger partial charge in [-0.1, -0.05) is 0 Å². The zero-order chi connectivity index (χ0) is 14.0. The molecule has 2 unspecified atom stereocenters. The summed E-state index contributed by atoms with van der Waals surface area (Å²) in [6, 6.07) is 2.35. The molecule has 1 saturated heterocycles. The number of carbonyl (C=O) groups excluding carboxylic acids is 1. The number of aryl methyl sites for hydroxylation is 2. The number of nitrogens with zero attached hydrogens (tertiary/aromatic N) is 1. The van der Waals surface area contributed by atoms with Crippen molar-refractivity contribution in [3.05, 3.63) is 23.0 Å². The summed E-state index contributed by atoms with van der Waals surface area (Å²) in [7, 11) is 0. The maximum Gasteiger partial charge on any atom is 0.178 e. The van der Waals surface area contributed by atoms with Crippen LogP contribution in [-0.4, -0.2) is 46.5 Å². The zero-order valence-corrected chi connectivity index (χ0v) is 12.1. The highest BCUT2D eigenvalue weighted by Crippen LogP contribution is 2.22. The van der Waals surface area contributed by atoms with Crippen molar-refractivity contribution in [2.75, 3.05) is 19.7 Å². The zero-order valence-electron chi connectivity index (χ0n) is 12.1. The number of ketones is 1. The van der Waals surface area contributed by atoms with Gasteiger partial charge in [0.05, 0.1) is 6.54 Å². The molecule has 0 aliphatic carbocycles. The van der Waals surface area contributed by atoms with Crippen LogP contribution < -0.4 is 0 Å². The standard InChI is InChI=1S/C15H24N2O2/c1-10-6-14(12(3)16-10)15(19)8-17-7-13(9-18)5-4-11(17)2/h6,11,13,16,18H,4-5,7-9H2,1-3H3. The van der Waals surface area contributed by atoms with E-state index >= 15 is 0 Å². The Bertz CT molecular complexity index is 453. The molecule has 4 heteroatoms. The van der Waals surface area contributed by atoms with Crippen molar-refractivity contribution in [3.63, 3.8) is 0 Å². The van der Waals surface area contributed by atoms with Gasteiger partial charge in [0.2, 0.25) is 0 Å². The van der Waals surface area contributed by atoms with Crippen molar-refractivity contribution in [2.24, 2.45) is 5.92 Å². The largest absolute Gasteiger partial charge is 0.396 e. The number of aliphatic hydroxyl groups excluding tert-OH is 1. The molecule has 1 aliphatic heterocycles. The molecule has 0 aromatic carbocycles. The molecule has 106 valence electrons. The van der Waals surface area contributed by atoms with Gasteiger partial charge in [0, 0.05) is 36.1 Å². The Kier molecular flexibility index (Phi) is 4.42. The second-order valence-electron chi connectivity index (χ2n) is 5.82. The normalized spacial score (nSPS) is 24.6. The van der Waals surface area contributed by atoms with Gasteiger partial charge in [-0.25, -0.2) is 0 Å². The summed E-state index contributed by atoms with van der Waals surface area (Å²) in [6.07, 6.45) is 2.12. The molecule has 0 amide bonds. The maximum atomic E-state index is 12.4. The van der Waals surface area contributed by atoms with Gasteiger partial charge < -0.3 is 10.1 Å². The van der Waals surface area contributed by atoms with Crippen molar-refractivity contribution >= 4 is 5.78 Å². The first-order chi connectivity index (χ1) is 9.01. The second kappa shape index (κ2) is 5.88. The fraction of sp³-hybridized carbons (Fsp3) is 0.667. The van der Waals surface area contributed by atoms with E-state index in [-0.39, 0.29) is 12.4 Å². The maximum absolute atomic E-state index is 12.4. The molecule has 0 bridgehead atoms. The number of hydrogen-bond donors (Lipinski definition) is 2. The van der Waals surface area contributed by atoms with Crippen LogP contribution in [-0.2, 0) is 0 Å². The molecule has 1 aromatic rings. The highest BCUT2D eigenvalue weighted by molar-refractivity contribution is 5.98. The molecule has 0 saturated carbocycles. The number of aliphatic hydroxyl groups is 1. The second-order valence-corrected chi connectivity index (χ2v) is 5.82. The molecule has 2 heterocycles. The van der Waals surface area contributed by atoms with Crippen LogP contribution >= 0.6 is 0 Å². The Balaban J connectivity index is 2.03. The molecule has 2 atom stereocenters.